The molecule has 0 amide bonds. The third-order valence-corrected chi connectivity index (χ3v) is 2.79. The highest BCUT2D eigenvalue weighted by Gasteiger charge is 2.32. The van der Waals surface area contributed by atoms with Gasteiger partial charge in [0.05, 0.1) is 6.61 Å². The van der Waals surface area contributed by atoms with Gasteiger partial charge >= 0.3 is 6.36 Å². The summed E-state index contributed by atoms with van der Waals surface area (Å²) in [6, 6.07) is 6.14. The van der Waals surface area contributed by atoms with Gasteiger partial charge in [0.2, 0.25) is 0 Å². The Kier molecular flexibility index (Phi) is 7.25. The molecule has 6 heteroatoms. The zero-order valence-electron chi connectivity index (χ0n) is 12.2. The molecule has 0 radical (unpaired) electrons. The molecule has 1 N–H and O–H groups in total. The number of hydrogen-bond acceptors (Lipinski definition) is 3. The average molecular weight is 303 g/mol. The molecule has 1 aromatic carbocycles. The van der Waals surface area contributed by atoms with Gasteiger partial charge in [-0.1, -0.05) is 24.3 Å². The second-order valence-electron chi connectivity index (χ2n) is 4.46. The van der Waals surface area contributed by atoms with Gasteiger partial charge < -0.3 is 14.8 Å². The van der Waals surface area contributed by atoms with Crippen molar-refractivity contribution in [3.05, 3.63) is 35.9 Å². The second kappa shape index (κ2) is 8.69. The van der Waals surface area contributed by atoms with Crippen LogP contribution in [0, 0.1) is 0 Å². The molecule has 0 atom stereocenters. The number of halogens is 3. The summed E-state index contributed by atoms with van der Waals surface area (Å²) in [5.74, 6) is -0.175. The number of benzene rings is 1. The first kappa shape index (κ1) is 17.5. The first-order chi connectivity index (χ1) is 9.94. The van der Waals surface area contributed by atoms with Gasteiger partial charge in [-0.2, -0.15) is 0 Å². The van der Waals surface area contributed by atoms with Gasteiger partial charge in [-0.25, -0.2) is 0 Å². The van der Waals surface area contributed by atoms with Crippen LogP contribution in [-0.4, -0.2) is 33.2 Å². The number of allylic oxidation sites excluding steroid dienone is 1. The van der Waals surface area contributed by atoms with Crippen molar-refractivity contribution in [2.45, 2.75) is 19.7 Å². The summed E-state index contributed by atoms with van der Waals surface area (Å²) in [4.78, 5) is 0. The van der Waals surface area contributed by atoms with Crippen molar-refractivity contribution < 1.29 is 22.6 Å². The second-order valence-corrected chi connectivity index (χ2v) is 4.46. The molecule has 0 aromatic heterocycles. The molecule has 0 spiro atoms. The van der Waals surface area contributed by atoms with Gasteiger partial charge in [0.25, 0.3) is 0 Å². The van der Waals surface area contributed by atoms with Crippen molar-refractivity contribution in [3.63, 3.8) is 0 Å². The molecule has 0 aliphatic rings. The highest BCUT2D eigenvalue weighted by atomic mass is 19.4. The molecule has 1 rings (SSSR count). The van der Waals surface area contributed by atoms with Crippen LogP contribution in [0.3, 0.4) is 0 Å². The van der Waals surface area contributed by atoms with Crippen LogP contribution in [0.4, 0.5) is 13.2 Å². The van der Waals surface area contributed by atoms with E-state index < -0.39 is 6.36 Å². The first-order valence-electron chi connectivity index (χ1n) is 6.65. The lowest BCUT2D eigenvalue weighted by Crippen LogP contribution is -2.19. The van der Waals surface area contributed by atoms with Crippen LogP contribution in [0.5, 0.6) is 5.75 Å². The average Bonchev–Trinajstić information content (AvgIpc) is 2.41. The normalized spacial score (nSPS) is 12.5. The molecular formula is C15H20F3NO2. The van der Waals surface area contributed by atoms with Crippen molar-refractivity contribution in [2.24, 2.45) is 0 Å². The molecule has 0 heterocycles. The largest absolute Gasteiger partial charge is 0.573 e. The Labute approximate surface area is 122 Å². The molecule has 118 valence electrons. The van der Waals surface area contributed by atoms with E-state index >= 15 is 0 Å². The third kappa shape index (κ3) is 7.15. The van der Waals surface area contributed by atoms with Crippen molar-refractivity contribution in [2.75, 3.05) is 26.8 Å². The SMILES string of the molecule is COCCNCCC=C(C)c1ccccc1OC(F)(F)F. The van der Waals surface area contributed by atoms with Gasteiger partial charge in [-0.3, -0.25) is 0 Å². The van der Waals surface area contributed by atoms with Crippen molar-refractivity contribution in [1.29, 1.82) is 0 Å². The molecule has 0 fully saturated rings. The quantitative estimate of drug-likeness (QED) is 0.744. The third-order valence-electron chi connectivity index (χ3n) is 2.79. The molecule has 0 unspecified atom stereocenters. The maximum atomic E-state index is 12.3. The van der Waals surface area contributed by atoms with Gasteiger partial charge in [0.15, 0.2) is 0 Å². The van der Waals surface area contributed by atoms with E-state index in [4.69, 9.17) is 4.74 Å². The van der Waals surface area contributed by atoms with E-state index in [1.165, 1.54) is 12.1 Å². The number of hydrogen-bond donors (Lipinski definition) is 1. The number of rotatable bonds is 8. The molecule has 0 saturated heterocycles. The van der Waals surface area contributed by atoms with Gasteiger partial charge in [-0.05, 0) is 31.5 Å². The summed E-state index contributed by atoms with van der Waals surface area (Å²) in [7, 11) is 1.63. The van der Waals surface area contributed by atoms with Crippen molar-refractivity contribution in [3.8, 4) is 5.75 Å². The highest BCUT2D eigenvalue weighted by molar-refractivity contribution is 5.68. The van der Waals surface area contributed by atoms with E-state index in [9.17, 15) is 13.2 Å². The maximum absolute atomic E-state index is 12.3. The highest BCUT2D eigenvalue weighted by Crippen LogP contribution is 2.30. The molecule has 3 nitrogen and oxygen atoms in total. The molecular weight excluding hydrogens is 283 g/mol. The lowest BCUT2D eigenvalue weighted by atomic mass is 10.1. The molecule has 0 saturated carbocycles. The lowest BCUT2D eigenvalue weighted by Gasteiger charge is -2.13. The Morgan fingerprint density at radius 1 is 1.24 bits per heavy atom. The first-order valence-corrected chi connectivity index (χ1v) is 6.65. The van der Waals surface area contributed by atoms with Crippen LogP contribution in [0.2, 0.25) is 0 Å². The fourth-order valence-corrected chi connectivity index (χ4v) is 1.81. The Hall–Kier alpha value is -1.53. The molecule has 1 aromatic rings. The standard InChI is InChI=1S/C15H20F3NO2/c1-12(6-5-9-19-10-11-20-2)13-7-3-4-8-14(13)21-15(16,17)18/h3-4,6-8,19H,5,9-11H2,1-2H3. The Bertz CT molecular complexity index is 458. The van der Waals surface area contributed by atoms with E-state index in [2.05, 4.69) is 10.1 Å². The zero-order chi connectivity index (χ0) is 15.7. The minimum atomic E-state index is -4.68. The lowest BCUT2D eigenvalue weighted by molar-refractivity contribution is -0.274. The minimum absolute atomic E-state index is 0.175. The van der Waals surface area contributed by atoms with E-state index in [-0.39, 0.29) is 5.75 Å². The predicted octanol–water partition coefficient (Wildman–Crippen LogP) is 3.61. The van der Waals surface area contributed by atoms with E-state index in [1.54, 1.807) is 26.2 Å². The summed E-state index contributed by atoms with van der Waals surface area (Å²) in [5, 5.41) is 3.17. The number of nitrogens with one attached hydrogen (secondary N) is 1. The maximum Gasteiger partial charge on any atom is 0.573 e. The number of alkyl halides is 3. The fourth-order valence-electron chi connectivity index (χ4n) is 1.81. The summed E-state index contributed by atoms with van der Waals surface area (Å²) < 4.78 is 46.0. The molecule has 21 heavy (non-hydrogen) atoms. The van der Waals surface area contributed by atoms with Gasteiger partial charge in [0.1, 0.15) is 5.75 Å². The van der Waals surface area contributed by atoms with Crippen LogP contribution in [0.15, 0.2) is 30.3 Å². The monoisotopic (exact) mass is 303 g/mol. The molecule has 0 aliphatic heterocycles. The number of ether oxygens (including phenoxy) is 2. The predicted molar refractivity (Wildman–Crippen MR) is 76.1 cm³/mol. The summed E-state index contributed by atoms with van der Waals surface area (Å²) in [5.41, 5.74) is 1.20. The van der Waals surface area contributed by atoms with Crippen LogP contribution in [-0.2, 0) is 4.74 Å². The van der Waals surface area contributed by atoms with E-state index in [1.807, 2.05) is 6.08 Å². The zero-order valence-corrected chi connectivity index (χ0v) is 12.2. The van der Waals surface area contributed by atoms with E-state index in [0.29, 0.717) is 12.2 Å². The number of para-hydroxylation sites is 1. The summed E-state index contributed by atoms with van der Waals surface area (Å²) in [6.07, 6.45) is -2.08. The number of methoxy groups -OCH3 is 1. The van der Waals surface area contributed by atoms with Crippen LogP contribution in [0.25, 0.3) is 5.57 Å². The Balaban J connectivity index is 2.62. The Morgan fingerprint density at radius 2 is 1.95 bits per heavy atom. The van der Waals surface area contributed by atoms with Gasteiger partial charge in [0, 0.05) is 19.2 Å². The summed E-state index contributed by atoms with van der Waals surface area (Å²) >= 11 is 0. The minimum Gasteiger partial charge on any atom is -0.405 e. The smallest absolute Gasteiger partial charge is 0.405 e. The van der Waals surface area contributed by atoms with Crippen LogP contribution in [0.1, 0.15) is 18.9 Å². The summed E-state index contributed by atoms with van der Waals surface area (Å²) in [6.45, 7) is 3.89. The molecule has 0 aliphatic carbocycles. The van der Waals surface area contributed by atoms with Crippen LogP contribution < -0.4 is 10.1 Å². The van der Waals surface area contributed by atoms with Crippen LogP contribution >= 0.6 is 0 Å². The topological polar surface area (TPSA) is 30.5 Å². The van der Waals surface area contributed by atoms with Crippen molar-refractivity contribution >= 4 is 5.57 Å². The fraction of sp³-hybridized carbons (Fsp3) is 0.467. The molecule has 0 bridgehead atoms. The van der Waals surface area contributed by atoms with Crippen molar-refractivity contribution in [1.82, 2.24) is 5.32 Å². The van der Waals surface area contributed by atoms with Gasteiger partial charge in [-0.15, -0.1) is 13.2 Å². The van der Waals surface area contributed by atoms with E-state index in [0.717, 1.165) is 25.1 Å². The Morgan fingerprint density at radius 3 is 2.62 bits per heavy atom.